The molecule has 126 valence electrons. The van der Waals surface area contributed by atoms with Crippen LogP contribution in [0.15, 0.2) is 0 Å². The summed E-state index contributed by atoms with van der Waals surface area (Å²) in [6.07, 6.45) is 5.91. The van der Waals surface area contributed by atoms with Crippen LogP contribution in [0.25, 0.3) is 0 Å². The van der Waals surface area contributed by atoms with Gasteiger partial charge in [-0.1, -0.05) is 0 Å². The lowest BCUT2D eigenvalue weighted by atomic mass is 10.0. The van der Waals surface area contributed by atoms with Crippen LogP contribution in [0.2, 0.25) is 0 Å². The largest absolute Gasteiger partial charge is 0.325 e. The Morgan fingerprint density at radius 2 is 1.73 bits per heavy atom. The normalized spacial score (nSPS) is 29.5. The van der Waals surface area contributed by atoms with Gasteiger partial charge in [0.05, 0.1) is 6.17 Å². The Morgan fingerprint density at radius 1 is 1.00 bits per heavy atom. The Bertz CT molecular complexity index is 356. The minimum absolute atomic E-state index is 0.122. The predicted octanol–water partition coefficient (Wildman–Crippen LogP) is 0.507. The molecule has 3 saturated heterocycles. The van der Waals surface area contributed by atoms with E-state index in [0.717, 1.165) is 38.9 Å². The van der Waals surface area contributed by atoms with Gasteiger partial charge in [0.1, 0.15) is 0 Å². The Hall–Kier alpha value is -0.850. The Labute approximate surface area is 134 Å². The van der Waals surface area contributed by atoms with Gasteiger partial charge in [0.25, 0.3) is 0 Å². The number of rotatable bonds is 2. The number of piperazine rings is 1. The molecule has 6 nitrogen and oxygen atoms in total. The van der Waals surface area contributed by atoms with Gasteiger partial charge in [-0.25, -0.2) is 4.79 Å². The summed E-state index contributed by atoms with van der Waals surface area (Å²) in [6, 6.07) is 0.793. The molecule has 0 aliphatic carbocycles. The molecule has 3 aliphatic heterocycles. The third kappa shape index (κ3) is 4.12. The van der Waals surface area contributed by atoms with Crippen LogP contribution in [0.1, 0.15) is 32.1 Å². The average molecular weight is 309 g/mol. The van der Waals surface area contributed by atoms with Crippen molar-refractivity contribution in [2.45, 2.75) is 44.3 Å². The van der Waals surface area contributed by atoms with Gasteiger partial charge < -0.3 is 15.1 Å². The van der Waals surface area contributed by atoms with Crippen LogP contribution in [0, 0.1) is 0 Å². The second-order valence-electron chi connectivity index (χ2n) is 7.01. The molecule has 0 spiro atoms. The lowest BCUT2D eigenvalue weighted by Gasteiger charge is -2.42. The van der Waals surface area contributed by atoms with Crippen LogP contribution >= 0.6 is 0 Å². The van der Waals surface area contributed by atoms with E-state index in [-0.39, 0.29) is 12.2 Å². The molecule has 0 aromatic heterocycles. The maximum absolute atomic E-state index is 12.3. The van der Waals surface area contributed by atoms with Crippen molar-refractivity contribution in [3.8, 4) is 0 Å². The number of carbonyl (C=O) groups excluding carboxylic acids is 1. The van der Waals surface area contributed by atoms with Crippen LogP contribution in [0.3, 0.4) is 0 Å². The van der Waals surface area contributed by atoms with Gasteiger partial charge in [0.2, 0.25) is 0 Å². The molecule has 3 fully saturated rings. The van der Waals surface area contributed by atoms with Crippen LogP contribution in [-0.2, 0) is 0 Å². The summed E-state index contributed by atoms with van der Waals surface area (Å²) in [5.41, 5.74) is 0. The van der Waals surface area contributed by atoms with E-state index in [1.165, 1.54) is 39.0 Å². The van der Waals surface area contributed by atoms with Crippen molar-refractivity contribution in [2.24, 2.45) is 0 Å². The van der Waals surface area contributed by atoms with E-state index in [1.807, 2.05) is 4.90 Å². The van der Waals surface area contributed by atoms with Crippen molar-refractivity contribution in [2.75, 3.05) is 52.9 Å². The molecule has 6 heteroatoms. The van der Waals surface area contributed by atoms with E-state index in [4.69, 9.17) is 0 Å². The fraction of sp³-hybridized carbons (Fsp3) is 0.938. The number of piperidine rings is 2. The molecule has 0 saturated carbocycles. The van der Waals surface area contributed by atoms with Crippen LogP contribution in [0.4, 0.5) is 4.79 Å². The molecule has 0 bridgehead atoms. The van der Waals surface area contributed by atoms with E-state index < -0.39 is 0 Å². The minimum atomic E-state index is 0.122. The number of urea groups is 1. The first-order valence-electron chi connectivity index (χ1n) is 8.94. The molecule has 0 aromatic rings. The third-order valence-corrected chi connectivity index (χ3v) is 5.41. The van der Waals surface area contributed by atoms with Crippen LogP contribution < -0.4 is 10.6 Å². The zero-order valence-corrected chi connectivity index (χ0v) is 13.9. The van der Waals surface area contributed by atoms with Crippen LogP contribution in [0.5, 0.6) is 0 Å². The topological polar surface area (TPSA) is 50.9 Å². The second-order valence-corrected chi connectivity index (χ2v) is 7.01. The summed E-state index contributed by atoms with van der Waals surface area (Å²) in [5.74, 6) is 0. The summed E-state index contributed by atoms with van der Waals surface area (Å²) in [5, 5.41) is 6.53. The highest BCUT2D eigenvalue weighted by Gasteiger charge is 2.29. The van der Waals surface area contributed by atoms with Gasteiger partial charge in [-0.05, 0) is 45.7 Å². The van der Waals surface area contributed by atoms with Gasteiger partial charge in [-0.2, -0.15) is 0 Å². The number of carbonyl (C=O) groups is 1. The lowest BCUT2D eigenvalue weighted by Crippen LogP contribution is -2.56. The van der Waals surface area contributed by atoms with Gasteiger partial charge in [0.15, 0.2) is 0 Å². The molecule has 1 atom stereocenters. The number of likely N-dealkylation sites (tertiary alicyclic amines) is 1. The maximum Gasteiger partial charge on any atom is 0.318 e. The van der Waals surface area contributed by atoms with E-state index in [1.54, 1.807) is 0 Å². The number of amides is 2. The molecule has 3 heterocycles. The van der Waals surface area contributed by atoms with E-state index in [2.05, 4.69) is 27.5 Å². The van der Waals surface area contributed by atoms with Gasteiger partial charge in [-0.3, -0.25) is 10.2 Å². The van der Waals surface area contributed by atoms with Crippen molar-refractivity contribution in [3.05, 3.63) is 0 Å². The number of nitrogens with zero attached hydrogens (tertiary/aromatic N) is 3. The standard InChI is InChI=1S/C16H31N5O/c1-19-10-12-20(13-11-19)14-5-8-21(9-6-14)16(22)18-15-4-2-3-7-17-15/h14-15,17H,2-13H2,1H3,(H,18,22). The molecular formula is C16H31N5O. The second kappa shape index (κ2) is 7.62. The minimum Gasteiger partial charge on any atom is -0.325 e. The smallest absolute Gasteiger partial charge is 0.318 e. The molecule has 3 aliphatic rings. The first-order valence-corrected chi connectivity index (χ1v) is 8.94. The highest BCUT2D eigenvalue weighted by molar-refractivity contribution is 5.74. The summed E-state index contributed by atoms with van der Waals surface area (Å²) >= 11 is 0. The quantitative estimate of drug-likeness (QED) is 0.780. The Kier molecular flexibility index (Phi) is 5.55. The molecule has 1 unspecified atom stereocenters. The number of nitrogens with one attached hydrogen (secondary N) is 2. The molecule has 2 N–H and O–H groups in total. The molecule has 3 rings (SSSR count). The van der Waals surface area contributed by atoms with Crippen molar-refractivity contribution in [1.29, 1.82) is 0 Å². The van der Waals surface area contributed by atoms with E-state index in [0.29, 0.717) is 6.04 Å². The lowest BCUT2D eigenvalue weighted by molar-refractivity contribution is 0.0740. The van der Waals surface area contributed by atoms with Gasteiger partial charge in [0, 0.05) is 45.3 Å². The van der Waals surface area contributed by atoms with Gasteiger partial charge >= 0.3 is 6.03 Å². The number of hydrogen-bond acceptors (Lipinski definition) is 4. The van der Waals surface area contributed by atoms with Crippen molar-refractivity contribution < 1.29 is 4.79 Å². The fourth-order valence-corrected chi connectivity index (χ4v) is 3.84. The van der Waals surface area contributed by atoms with E-state index >= 15 is 0 Å². The van der Waals surface area contributed by atoms with Crippen molar-refractivity contribution in [3.63, 3.8) is 0 Å². The zero-order chi connectivity index (χ0) is 15.4. The summed E-state index contributed by atoms with van der Waals surface area (Å²) in [7, 11) is 2.20. The molecule has 2 amide bonds. The summed E-state index contributed by atoms with van der Waals surface area (Å²) in [4.78, 5) is 19.4. The SMILES string of the molecule is CN1CCN(C2CCN(C(=O)NC3CCCCN3)CC2)CC1. The van der Waals surface area contributed by atoms with Crippen LogP contribution in [-0.4, -0.2) is 85.8 Å². The highest BCUT2D eigenvalue weighted by atomic mass is 16.2. The zero-order valence-electron chi connectivity index (χ0n) is 13.9. The highest BCUT2D eigenvalue weighted by Crippen LogP contribution is 2.18. The number of hydrogen-bond donors (Lipinski definition) is 2. The Balaban J connectivity index is 1.40. The average Bonchev–Trinajstić information content (AvgIpc) is 2.57. The third-order valence-electron chi connectivity index (χ3n) is 5.41. The van der Waals surface area contributed by atoms with Gasteiger partial charge in [-0.15, -0.1) is 0 Å². The maximum atomic E-state index is 12.3. The van der Waals surface area contributed by atoms with Crippen molar-refractivity contribution >= 4 is 6.03 Å². The monoisotopic (exact) mass is 309 g/mol. The number of likely N-dealkylation sites (N-methyl/N-ethyl adjacent to an activating group) is 1. The predicted molar refractivity (Wildman–Crippen MR) is 87.8 cm³/mol. The molecule has 22 heavy (non-hydrogen) atoms. The first-order chi connectivity index (χ1) is 10.7. The first kappa shape index (κ1) is 16.0. The molecule has 0 aromatic carbocycles. The molecular weight excluding hydrogens is 278 g/mol. The van der Waals surface area contributed by atoms with E-state index in [9.17, 15) is 4.79 Å². The molecule has 0 radical (unpaired) electrons. The summed E-state index contributed by atoms with van der Waals surface area (Å²) < 4.78 is 0. The Morgan fingerprint density at radius 3 is 2.36 bits per heavy atom. The fourth-order valence-electron chi connectivity index (χ4n) is 3.84. The summed E-state index contributed by atoms with van der Waals surface area (Å²) in [6.45, 7) is 7.53. The van der Waals surface area contributed by atoms with Crippen molar-refractivity contribution in [1.82, 2.24) is 25.3 Å².